The fourth-order valence-corrected chi connectivity index (χ4v) is 6.71. The van der Waals surface area contributed by atoms with Crippen molar-refractivity contribution in [3.8, 4) is 11.6 Å². The zero-order chi connectivity index (χ0) is 24.3. The first-order chi connectivity index (χ1) is 16.2. The molecule has 1 unspecified atom stereocenters. The Morgan fingerprint density at radius 1 is 1.26 bits per heavy atom. The van der Waals surface area contributed by atoms with Gasteiger partial charge >= 0.3 is 0 Å². The van der Waals surface area contributed by atoms with E-state index in [1.807, 2.05) is 55.4 Å². The molecule has 8 heteroatoms. The molecule has 2 aliphatic carbocycles. The first kappa shape index (κ1) is 23.8. The molecule has 180 valence electrons. The molecule has 2 aromatic rings. The summed E-state index contributed by atoms with van der Waals surface area (Å²) in [6.45, 7) is 0.572. The van der Waals surface area contributed by atoms with Crippen molar-refractivity contribution in [2.45, 2.75) is 23.7 Å². The second kappa shape index (κ2) is 8.64. The third kappa shape index (κ3) is 3.28. The number of halogens is 2. The summed E-state index contributed by atoms with van der Waals surface area (Å²) in [5, 5.41) is 24.9. The van der Waals surface area contributed by atoms with Crippen molar-refractivity contribution in [1.29, 1.82) is 0 Å². The number of aliphatic hydroxyl groups is 2. The third-order valence-electron chi connectivity index (χ3n) is 7.42. The van der Waals surface area contributed by atoms with Crippen LogP contribution in [0, 0.1) is 17.8 Å². The zero-order valence-electron chi connectivity index (χ0n) is 19.3. The highest BCUT2D eigenvalue weighted by atomic mass is 79.9. The monoisotopic (exact) mass is 546 g/mol. The highest BCUT2D eigenvalue weighted by Crippen LogP contribution is 2.69. The van der Waals surface area contributed by atoms with Gasteiger partial charge in [-0.15, -0.1) is 0 Å². The van der Waals surface area contributed by atoms with Crippen LogP contribution in [0.25, 0.3) is 0 Å². The van der Waals surface area contributed by atoms with Gasteiger partial charge in [0.1, 0.15) is 10.9 Å². The molecule has 34 heavy (non-hydrogen) atoms. The van der Waals surface area contributed by atoms with E-state index in [0.717, 1.165) is 16.5 Å². The molecule has 1 aromatic carbocycles. The van der Waals surface area contributed by atoms with Crippen LogP contribution < -0.4 is 9.47 Å². The molecule has 6 atom stereocenters. The summed E-state index contributed by atoms with van der Waals surface area (Å²) < 4.78 is 13.3. The van der Waals surface area contributed by atoms with E-state index >= 15 is 0 Å². The quantitative estimate of drug-likeness (QED) is 0.544. The predicted octanol–water partition coefficient (Wildman–Crippen LogP) is 4.28. The molecule has 0 saturated heterocycles. The van der Waals surface area contributed by atoms with Crippen molar-refractivity contribution in [3.05, 3.63) is 75.4 Å². The van der Waals surface area contributed by atoms with Crippen molar-refractivity contribution < 1.29 is 19.7 Å². The lowest BCUT2D eigenvalue weighted by atomic mass is 9.67. The Hall–Kier alpha value is -1.90. The molecule has 1 fully saturated rings. The van der Waals surface area contributed by atoms with Crippen LogP contribution >= 0.6 is 27.5 Å². The summed E-state index contributed by atoms with van der Waals surface area (Å²) in [5.41, 5.74) is -1.97. The number of pyridine rings is 1. The average molecular weight is 548 g/mol. The van der Waals surface area contributed by atoms with Gasteiger partial charge in [-0.3, -0.25) is 0 Å². The molecule has 0 radical (unpaired) electrons. The summed E-state index contributed by atoms with van der Waals surface area (Å²) in [5.74, 6) is 0.0221. The van der Waals surface area contributed by atoms with Crippen molar-refractivity contribution in [2.24, 2.45) is 17.8 Å². The van der Waals surface area contributed by atoms with Crippen molar-refractivity contribution in [2.75, 3.05) is 27.7 Å². The normalized spacial score (nSPS) is 33.6. The number of aliphatic hydroxyl groups excluding tert-OH is 1. The van der Waals surface area contributed by atoms with E-state index in [9.17, 15) is 10.2 Å². The van der Waals surface area contributed by atoms with Crippen LogP contribution in [0.1, 0.15) is 17.5 Å². The zero-order valence-corrected chi connectivity index (χ0v) is 21.6. The molecule has 2 heterocycles. The standard InChI is InChI=1S/C26H28BrClN2O4/c1-30(2)14-18-21(15-7-5-4-6-8-15)26(16-9-11-17(27)12-10-16)25(32,23(18)31)22-19(34-26)13-20(28)29-24(22)33-3/h4-7,9-13,15,18,21,23,31-32H,8,14H2,1-3H3/t15?,18-,21-,23-,25+,26+/m1/s1. The Morgan fingerprint density at radius 2 is 2.00 bits per heavy atom. The SMILES string of the molecule is COc1nc(Cl)cc2c1[C@]1(O)[C@H](O)[C@H](CN(C)C)[C@@H](C3C=CC=CC3)[C@]1(c1ccc(Br)cc1)O2. The third-order valence-corrected chi connectivity index (χ3v) is 8.14. The highest BCUT2D eigenvalue weighted by molar-refractivity contribution is 9.10. The second-order valence-corrected chi connectivity index (χ2v) is 10.9. The first-order valence-corrected chi connectivity index (χ1v) is 12.5. The van der Waals surface area contributed by atoms with E-state index in [2.05, 4.69) is 33.1 Å². The molecule has 0 amide bonds. The summed E-state index contributed by atoms with van der Waals surface area (Å²) in [4.78, 5) is 6.36. The fourth-order valence-electron chi connectivity index (χ4n) is 6.27. The van der Waals surface area contributed by atoms with Crippen LogP contribution in [0.4, 0.5) is 0 Å². The molecule has 1 saturated carbocycles. The largest absolute Gasteiger partial charge is 0.481 e. The number of rotatable bonds is 5. The van der Waals surface area contributed by atoms with Gasteiger partial charge in [0.25, 0.3) is 0 Å². The Labute approximate surface area is 213 Å². The van der Waals surface area contributed by atoms with Gasteiger partial charge in [-0.1, -0.05) is 64.0 Å². The molecule has 0 bridgehead atoms. The van der Waals surface area contributed by atoms with E-state index in [1.165, 1.54) is 7.11 Å². The molecule has 5 rings (SSSR count). The topological polar surface area (TPSA) is 75.0 Å². The maximum Gasteiger partial charge on any atom is 0.224 e. The number of nitrogens with zero attached hydrogens (tertiary/aromatic N) is 2. The van der Waals surface area contributed by atoms with Gasteiger partial charge in [0.05, 0.1) is 18.8 Å². The Balaban J connectivity index is 1.82. The van der Waals surface area contributed by atoms with Crippen LogP contribution in [0.15, 0.2) is 59.1 Å². The number of benzene rings is 1. The van der Waals surface area contributed by atoms with Gasteiger partial charge in [0.15, 0.2) is 11.2 Å². The lowest BCUT2D eigenvalue weighted by molar-refractivity contribution is -0.161. The number of ether oxygens (including phenoxy) is 2. The minimum atomic E-state index is -1.81. The second-order valence-electron chi connectivity index (χ2n) is 9.55. The van der Waals surface area contributed by atoms with Crippen LogP contribution in [0.5, 0.6) is 11.6 Å². The van der Waals surface area contributed by atoms with E-state index in [-0.39, 0.29) is 28.8 Å². The Kier molecular flexibility index (Phi) is 6.06. The van der Waals surface area contributed by atoms with E-state index in [4.69, 9.17) is 21.1 Å². The minimum Gasteiger partial charge on any atom is -0.481 e. The number of hydrogen-bond donors (Lipinski definition) is 2. The summed E-state index contributed by atoms with van der Waals surface area (Å²) in [7, 11) is 5.43. The van der Waals surface area contributed by atoms with Crippen LogP contribution in [0.2, 0.25) is 5.15 Å². The average Bonchev–Trinajstić information content (AvgIpc) is 3.17. The fraction of sp³-hybridized carbons (Fsp3) is 0.423. The molecule has 1 aromatic heterocycles. The Morgan fingerprint density at radius 3 is 2.62 bits per heavy atom. The molecular formula is C26H28BrClN2O4. The lowest BCUT2D eigenvalue weighted by Crippen LogP contribution is -2.53. The summed E-state index contributed by atoms with van der Waals surface area (Å²) >= 11 is 9.81. The van der Waals surface area contributed by atoms with Crippen LogP contribution in [-0.2, 0) is 11.2 Å². The van der Waals surface area contributed by atoms with Crippen LogP contribution in [-0.4, -0.2) is 54.0 Å². The maximum absolute atomic E-state index is 12.7. The molecule has 6 nitrogen and oxygen atoms in total. The van der Waals surface area contributed by atoms with E-state index < -0.39 is 17.3 Å². The van der Waals surface area contributed by atoms with Gasteiger partial charge in [0.2, 0.25) is 5.88 Å². The first-order valence-electron chi connectivity index (χ1n) is 11.3. The Bertz CT molecular complexity index is 1150. The molecule has 0 spiro atoms. The predicted molar refractivity (Wildman–Crippen MR) is 134 cm³/mol. The van der Waals surface area contributed by atoms with E-state index in [0.29, 0.717) is 17.9 Å². The van der Waals surface area contributed by atoms with Crippen LogP contribution in [0.3, 0.4) is 0 Å². The van der Waals surface area contributed by atoms with Crippen molar-refractivity contribution >= 4 is 27.5 Å². The summed E-state index contributed by atoms with van der Waals surface area (Å²) in [6, 6.07) is 9.35. The maximum atomic E-state index is 12.7. The van der Waals surface area contributed by atoms with Crippen molar-refractivity contribution in [1.82, 2.24) is 9.88 Å². The summed E-state index contributed by atoms with van der Waals surface area (Å²) in [6.07, 6.45) is 7.97. The van der Waals surface area contributed by atoms with E-state index in [1.54, 1.807) is 6.07 Å². The number of allylic oxidation sites excluding steroid dienone is 4. The van der Waals surface area contributed by atoms with Gasteiger partial charge < -0.3 is 24.6 Å². The highest BCUT2D eigenvalue weighted by Gasteiger charge is 2.77. The van der Waals surface area contributed by atoms with Gasteiger partial charge in [0, 0.05) is 28.9 Å². The molecule has 2 N–H and O–H groups in total. The van der Waals surface area contributed by atoms with Gasteiger partial charge in [-0.05, 0) is 44.1 Å². The van der Waals surface area contributed by atoms with Crippen molar-refractivity contribution in [3.63, 3.8) is 0 Å². The number of fused-ring (bicyclic) bond motifs is 3. The minimum absolute atomic E-state index is 0.0333. The van der Waals surface area contributed by atoms with Gasteiger partial charge in [-0.25, -0.2) is 4.98 Å². The number of aromatic nitrogens is 1. The molecule has 1 aliphatic heterocycles. The molecule has 3 aliphatic rings. The smallest absolute Gasteiger partial charge is 0.224 e. The molecular weight excluding hydrogens is 520 g/mol. The van der Waals surface area contributed by atoms with Gasteiger partial charge in [-0.2, -0.15) is 0 Å². The number of methoxy groups -OCH3 is 1. The number of hydrogen-bond acceptors (Lipinski definition) is 6. The lowest BCUT2D eigenvalue weighted by Gasteiger charge is -2.43.